The molecule has 0 saturated carbocycles. The van der Waals surface area contributed by atoms with Crippen LogP contribution >= 0.6 is 0 Å². The van der Waals surface area contributed by atoms with E-state index in [0.29, 0.717) is 28.6 Å². The summed E-state index contributed by atoms with van der Waals surface area (Å²) in [7, 11) is 0. The Balaban J connectivity index is 1.96. The monoisotopic (exact) mass is 361 g/mol. The third kappa shape index (κ3) is 5.00. The van der Waals surface area contributed by atoms with Crippen LogP contribution in [-0.2, 0) is 0 Å². The number of aryl methyl sites for hydroxylation is 1. The van der Waals surface area contributed by atoms with Gasteiger partial charge in [0.25, 0.3) is 0 Å². The molecule has 138 valence electrons. The Morgan fingerprint density at radius 3 is 2.89 bits per heavy atom. The van der Waals surface area contributed by atoms with Crippen LogP contribution in [0.5, 0.6) is 0 Å². The lowest BCUT2D eigenvalue weighted by Gasteiger charge is -2.13. The third-order valence-electron chi connectivity index (χ3n) is 4.45. The van der Waals surface area contributed by atoms with Crippen LogP contribution in [-0.4, -0.2) is 17.2 Å². The van der Waals surface area contributed by atoms with Gasteiger partial charge in [-0.1, -0.05) is 42.8 Å². The fourth-order valence-electron chi connectivity index (χ4n) is 2.99. The third-order valence-corrected chi connectivity index (χ3v) is 4.45. The molecule has 0 radical (unpaired) electrons. The molecule has 4 heteroatoms. The minimum absolute atomic E-state index is 0.179. The van der Waals surface area contributed by atoms with Crippen LogP contribution in [0.1, 0.15) is 30.2 Å². The first-order chi connectivity index (χ1) is 13.0. The number of rotatable bonds is 5. The molecule has 2 N–H and O–H groups in total. The van der Waals surface area contributed by atoms with Gasteiger partial charge < -0.3 is 5.73 Å². The van der Waals surface area contributed by atoms with E-state index in [1.807, 2.05) is 61.5 Å². The number of nitrogens with zero attached hydrogens (tertiary/aromatic N) is 2. The van der Waals surface area contributed by atoms with Gasteiger partial charge in [-0.3, -0.25) is 9.98 Å². The smallest absolute Gasteiger partial charge is 0.124 e. The number of hydrogen-bond donors (Lipinski definition) is 1. The van der Waals surface area contributed by atoms with Gasteiger partial charge in [-0.05, 0) is 49.6 Å². The van der Waals surface area contributed by atoms with Gasteiger partial charge >= 0.3 is 0 Å². The summed E-state index contributed by atoms with van der Waals surface area (Å²) in [6.45, 7) is 4.38. The molecule has 0 fully saturated rings. The molecule has 0 saturated heterocycles. The SMILES string of the molecule is Cc1cccc(C(C=C(N)c2ccccn2)=NCC2=CC(C)CC=C2F)c1. The van der Waals surface area contributed by atoms with E-state index in [2.05, 4.69) is 11.9 Å². The maximum atomic E-state index is 14.1. The van der Waals surface area contributed by atoms with Crippen molar-refractivity contribution in [2.24, 2.45) is 16.6 Å². The van der Waals surface area contributed by atoms with Crippen molar-refractivity contribution in [1.82, 2.24) is 4.98 Å². The fourth-order valence-corrected chi connectivity index (χ4v) is 2.99. The summed E-state index contributed by atoms with van der Waals surface area (Å²) in [5, 5.41) is 0. The van der Waals surface area contributed by atoms with Crippen LogP contribution in [0, 0.1) is 12.8 Å². The highest BCUT2D eigenvalue weighted by molar-refractivity contribution is 6.12. The van der Waals surface area contributed by atoms with Crippen molar-refractivity contribution in [3.8, 4) is 0 Å². The molecule has 0 spiro atoms. The molecule has 2 aromatic rings. The van der Waals surface area contributed by atoms with Crippen LogP contribution in [0.25, 0.3) is 5.70 Å². The van der Waals surface area contributed by atoms with Crippen molar-refractivity contribution in [2.75, 3.05) is 6.54 Å². The molecule has 1 heterocycles. The molecular weight excluding hydrogens is 337 g/mol. The number of nitrogens with two attached hydrogens (primary N) is 1. The highest BCUT2D eigenvalue weighted by atomic mass is 19.1. The fraction of sp³-hybridized carbons (Fsp3) is 0.217. The van der Waals surface area contributed by atoms with Crippen LogP contribution in [0.15, 0.2) is 83.3 Å². The molecule has 3 rings (SSSR count). The first-order valence-corrected chi connectivity index (χ1v) is 9.09. The van der Waals surface area contributed by atoms with Crippen molar-refractivity contribution in [2.45, 2.75) is 20.3 Å². The first kappa shape index (κ1) is 18.8. The van der Waals surface area contributed by atoms with Crippen LogP contribution < -0.4 is 5.73 Å². The Morgan fingerprint density at radius 2 is 2.15 bits per heavy atom. The predicted molar refractivity (Wildman–Crippen MR) is 110 cm³/mol. The summed E-state index contributed by atoms with van der Waals surface area (Å²) >= 11 is 0. The van der Waals surface area contributed by atoms with Crippen LogP contribution in [0.3, 0.4) is 0 Å². The summed E-state index contributed by atoms with van der Waals surface area (Å²) in [6.07, 6.45) is 7.84. The second kappa shape index (κ2) is 8.58. The van der Waals surface area contributed by atoms with E-state index in [4.69, 9.17) is 10.7 Å². The lowest BCUT2D eigenvalue weighted by atomic mass is 9.97. The van der Waals surface area contributed by atoms with Gasteiger partial charge in [0.05, 0.1) is 23.6 Å². The summed E-state index contributed by atoms with van der Waals surface area (Å²) in [5.41, 5.74) is 10.9. The molecule has 1 unspecified atom stereocenters. The van der Waals surface area contributed by atoms with Crippen LogP contribution in [0.2, 0.25) is 0 Å². The van der Waals surface area contributed by atoms with E-state index in [1.54, 1.807) is 12.3 Å². The Hall–Kier alpha value is -3.01. The van der Waals surface area contributed by atoms with Gasteiger partial charge in [0, 0.05) is 17.3 Å². The minimum Gasteiger partial charge on any atom is -0.397 e. The zero-order valence-electron chi connectivity index (χ0n) is 15.7. The molecular formula is C23H24FN3. The summed E-state index contributed by atoms with van der Waals surface area (Å²) in [6, 6.07) is 13.6. The number of aliphatic imine (C=N–C) groups is 1. The number of aromatic nitrogens is 1. The zero-order valence-corrected chi connectivity index (χ0v) is 15.7. The normalized spacial score (nSPS) is 18.1. The topological polar surface area (TPSA) is 51.3 Å². The van der Waals surface area contributed by atoms with E-state index >= 15 is 0 Å². The molecule has 0 amide bonds. The number of halogens is 1. The molecule has 27 heavy (non-hydrogen) atoms. The van der Waals surface area contributed by atoms with E-state index in [9.17, 15) is 4.39 Å². The van der Waals surface area contributed by atoms with E-state index in [1.165, 1.54) is 0 Å². The Bertz CT molecular complexity index is 924. The van der Waals surface area contributed by atoms with E-state index < -0.39 is 0 Å². The lowest BCUT2D eigenvalue weighted by Crippen LogP contribution is -2.08. The predicted octanol–water partition coefficient (Wildman–Crippen LogP) is 5.00. The Morgan fingerprint density at radius 1 is 1.30 bits per heavy atom. The molecule has 0 bridgehead atoms. The largest absolute Gasteiger partial charge is 0.397 e. The zero-order chi connectivity index (χ0) is 19.2. The maximum absolute atomic E-state index is 14.1. The number of benzene rings is 1. The molecule has 3 nitrogen and oxygen atoms in total. The molecule has 0 aliphatic heterocycles. The van der Waals surface area contributed by atoms with Gasteiger partial charge in [-0.25, -0.2) is 4.39 Å². The lowest BCUT2D eigenvalue weighted by molar-refractivity contribution is 0.602. The Labute approximate surface area is 159 Å². The second-order valence-electron chi connectivity index (χ2n) is 6.84. The van der Waals surface area contributed by atoms with Crippen molar-refractivity contribution < 1.29 is 4.39 Å². The number of allylic oxidation sites excluding steroid dienone is 3. The highest BCUT2D eigenvalue weighted by Gasteiger charge is 2.13. The quantitative estimate of drug-likeness (QED) is 0.762. The maximum Gasteiger partial charge on any atom is 0.124 e. The Kier molecular flexibility index (Phi) is 5.97. The number of hydrogen-bond acceptors (Lipinski definition) is 3. The highest BCUT2D eigenvalue weighted by Crippen LogP contribution is 2.24. The van der Waals surface area contributed by atoms with Crippen molar-refractivity contribution in [1.29, 1.82) is 0 Å². The molecule has 1 aromatic carbocycles. The van der Waals surface area contributed by atoms with Crippen molar-refractivity contribution in [3.63, 3.8) is 0 Å². The molecule has 1 aliphatic rings. The van der Waals surface area contributed by atoms with Crippen molar-refractivity contribution >= 4 is 11.4 Å². The van der Waals surface area contributed by atoms with E-state index in [0.717, 1.165) is 17.5 Å². The van der Waals surface area contributed by atoms with Crippen LogP contribution in [0.4, 0.5) is 4.39 Å². The van der Waals surface area contributed by atoms with Gasteiger partial charge in [-0.2, -0.15) is 0 Å². The summed E-state index contributed by atoms with van der Waals surface area (Å²) in [5.74, 6) is 0.147. The average Bonchev–Trinajstić information content (AvgIpc) is 2.68. The second-order valence-corrected chi connectivity index (χ2v) is 6.84. The molecule has 1 atom stereocenters. The molecule has 1 aromatic heterocycles. The van der Waals surface area contributed by atoms with E-state index in [-0.39, 0.29) is 12.4 Å². The molecule has 1 aliphatic carbocycles. The summed E-state index contributed by atoms with van der Waals surface area (Å²) < 4.78 is 14.1. The first-order valence-electron chi connectivity index (χ1n) is 9.09. The van der Waals surface area contributed by atoms with Gasteiger partial charge in [0.1, 0.15) is 5.83 Å². The minimum atomic E-state index is -0.179. The van der Waals surface area contributed by atoms with Crippen molar-refractivity contribution in [3.05, 3.63) is 95.1 Å². The summed E-state index contributed by atoms with van der Waals surface area (Å²) in [4.78, 5) is 8.98. The van der Waals surface area contributed by atoms with Gasteiger partial charge in [0.2, 0.25) is 0 Å². The number of pyridine rings is 1. The van der Waals surface area contributed by atoms with Gasteiger partial charge in [0.15, 0.2) is 0 Å². The standard InChI is InChI=1S/C23H24FN3/c1-16-6-5-7-18(12-16)23(14-21(25)22-8-3-4-11-26-22)27-15-19-13-17(2)9-10-20(19)24/h3-8,10-14,17H,9,15,25H2,1-2H3. The van der Waals surface area contributed by atoms with Gasteiger partial charge in [-0.15, -0.1) is 0 Å². The average molecular weight is 361 g/mol.